The van der Waals surface area contributed by atoms with Crippen molar-refractivity contribution in [3.63, 3.8) is 0 Å². The molecule has 0 bridgehead atoms. The van der Waals surface area contributed by atoms with Crippen molar-refractivity contribution >= 4 is 5.91 Å². The lowest BCUT2D eigenvalue weighted by atomic mass is 9.95. The molecule has 0 radical (unpaired) electrons. The maximum Gasteiger partial charge on any atom is 0.245 e. The number of hydrogen-bond acceptors (Lipinski definition) is 3. The molecule has 1 aliphatic rings. The quantitative estimate of drug-likeness (QED) is 0.642. The fourth-order valence-corrected chi connectivity index (χ4v) is 1.62. The Balaban J connectivity index is 2.15. The minimum atomic E-state index is 0.0546. The molecule has 0 N–H and O–H groups in total. The van der Waals surface area contributed by atoms with Crippen LogP contribution in [-0.4, -0.2) is 38.3 Å². The van der Waals surface area contributed by atoms with Crippen molar-refractivity contribution in [1.82, 2.24) is 5.06 Å². The van der Waals surface area contributed by atoms with Gasteiger partial charge in [-0.3, -0.25) is 9.63 Å². The van der Waals surface area contributed by atoms with Crippen LogP contribution >= 0.6 is 0 Å². The van der Waals surface area contributed by atoms with Crippen molar-refractivity contribution < 1.29 is 14.4 Å². The van der Waals surface area contributed by atoms with Gasteiger partial charge >= 0.3 is 0 Å². The first kappa shape index (κ1) is 11.5. The van der Waals surface area contributed by atoms with Gasteiger partial charge in [0.05, 0.1) is 7.11 Å². The molecule has 14 heavy (non-hydrogen) atoms. The van der Waals surface area contributed by atoms with Crippen molar-refractivity contribution in [2.24, 2.45) is 5.92 Å². The molecule has 0 saturated carbocycles. The first-order valence-corrected chi connectivity index (χ1v) is 5.12. The van der Waals surface area contributed by atoms with E-state index in [1.807, 2.05) is 0 Å². The molecule has 4 heteroatoms. The highest BCUT2D eigenvalue weighted by molar-refractivity contribution is 5.74. The Bertz CT molecular complexity index is 178. The minimum absolute atomic E-state index is 0.0546. The van der Waals surface area contributed by atoms with Crippen LogP contribution in [-0.2, 0) is 14.4 Å². The molecule has 1 fully saturated rings. The summed E-state index contributed by atoms with van der Waals surface area (Å²) in [5, 5.41) is 1.29. The molecule has 1 amide bonds. The van der Waals surface area contributed by atoms with Crippen LogP contribution in [0, 0.1) is 5.92 Å². The second-order valence-corrected chi connectivity index (χ2v) is 3.67. The fraction of sp³-hybridized carbons (Fsp3) is 0.900. The van der Waals surface area contributed by atoms with E-state index in [4.69, 9.17) is 9.57 Å². The number of amides is 1. The van der Waals surface area contributed by atoms with Gasteiger partial charge in [0.2, 0.25) is 5.91 Å². The van der Waals surface area contributed by atoms with E-state index in [9.17, 15) is 4.79 Å². The van der Waals surface area contributed by atoms with Crippen LogP contribution in [0.1, 0.15) is 25.7 Å². The highest BCUT2D eigenvalue weighted by atomic mass is 16.7. The molecule has 1 heterocycles. The summed E-state index contributed by atoms with van der Waals surface area (Å²) in [6.07, 6.45) is 3.71. The lowest BCUT2D eigenvalue weighted by molar-refractivity contribution is -0.169. The van der Waals surface area contributed by atoms with Crippen molar-refractivity contribution in [1.29, 1.82) is 0 Å². The van der Waals surface area contributed by atoms with Gasteiger partial charge < -0.3 is 4.74 Å². The molecule has 1 rings (SSSR count). The highest BCUT2D eigenvalue weighted by Gasteiger charge is 2.16. The molecule has 0 atom stereocenters. The average molecular weight is 201 g/mol. The number of hydrogen-bond donors (Lipinski definition) is 0. The van der Waals surface area contributed by atoms with Crippen molar-refractivity contribution in [2.75, 3.05) is 27.4 Å². The van der Waals surface area contributed by atoms with E-state index in [1.54, 1.807) is 7.05 Å². The van der Waals surface area contributed by atoms with Crippen LogP contribution in [0.4, 0.5) is 0 Å². The van der Waals surface area contributed by atoms with Gasteiger partial charge in [-0.2, -0.15) is 0 Å². The molecule has 0 spiro atoms. The summed E-state index contributed by atoms with van der Waals surface area (Å²) in [7, 11) is 3.15. The zero-order valence-electron chi connectivity index (χ0n) is 8.99. The SMILES string of the molecule is CON(C)C(=O)CCC1CCOCC1. The summed E-state index contributed by atoms with van der Waals surface area (Å²) in [4.78, 5) is 16.2. The lowest BCUT2D eigenvalue weighted by Gasteiger charge is -2.22. The summed E-state index contributed by atoms with van der Waals surface area (Å²) < 4.78 is 5.26. The topological polar surface area (TPSA) is 38.8 Å². The van der Waals surface area contributed by atoms with E-state index >= 15 is 0 Å². The summed E-state index contributed by atoms with van der Waals surface area (Å²) in [5.41, 5.74) is 0. The van der Waals surface area contributed by atoms with E-state index in [0.29, 0.717) is 12.3 Å². The van der Waals surface area contributed by atoms with Gasteiger partial charge in [0.15, 0.2) is 0 Å². The third-order valence-corrected chi connectivity index (χ3v) is 2.73. The molecule has 0 aromatic rings. The van der Waals surface area contributed by atoms with Crippen molar-refractivity contribution in [3.8, 4) is 0 Å². The predicted octanol–water partition coefficient (Wildman–Crippen LogP) is 1.21. The fourth-order valence-electron chi connectivity index (χ4n) is 1.62. The highest BCUT2D eigenvalue weighted by Crippen LogP contribution is 2.20. The molecule has 1 saturated heterocycles. The number of nitrogens with zero attached hydrogens (tertiary/aromatic N) is 1. The third kappa shape index (κ3) is 3.64. The molecule has 82 valence electrons. The lowest BCUT2D eigenvalue weighted by Crippen LogP contribution is -2.26. The van der Waals surface area contributed by atoms with Crippen LogP contribution in [0.25, 0.3) is 0 Å². The van der Waals surface area contributed by atoms with Crippen LogP contribution in [0.2, 0.25) is 0 Å². The van der Waals surface area contributed by atoms with Crippen molar-refractivity contribution in [3.05, 3.63) is 0 Å². The Morgan fingerprint density at radius 3 is 2.71 bits per heavy atom. The van der Waals surface area contributed by atoms with E-state index < -0.39 is 0 Å². The Hall–Kier alpha value is -0.610. The molecule has 0 unspecified atom stereocenters. The van der Waals surface area contributed by atoms with Crippen LogP contribution < -0.4 is 0 Å². The smallest absolute Gasteiger partial charge is 0.245 e. The monoisotopic (exact) mass is 201 g/mol. The van der Waals surface area contributed by atoms with E-state index in [0.717, 1.165) is 32.5 Å². The Labute approximate surface area is 85.1 Å². The molecule has 0 aliphatic carbocycles. The van der Waals surface area contributed by atoms with E-state index in [2.05, 4.69) is 0 Å². The molecule has 1 aliphatic heterocycles. The number of carbonyl (C=O) groups excluding carboxylic acids is 1. The van der Waals surface area contributed by atoms with Crippen LogP contribution in [0.3, 0.4) is 0 Å². The summed E-state index contributed by atoms with van der Waals surface area (Å²) in [5.74, 6) is 0.706. The van der Waals surface area contributed by atoms with Gasteiger partial charge in [-0.25, -0.2) is 5.06 Å². The second-order valence-electron chi connectivity index (χ2n) is 3.67. The minimum Gasteiger partial charge on any atom is -0.381 e. The van der Waals surface area contributed by atoms with Gasteiger partial charge in [0, 0.05) is 26.7 Å². The van der Waals surface area contributed by atoms with E-state index in [-0.39, 0.29) is 5.91 Å². The van der Waals surface area contributed by atoms with Crippen LogP contribution in [0.5, 0.6) is 0 Å². The zero-order valence-corrected chi connectivity index (χ0v) is 8.99. The molecular formula is C10H19NO3. The summed E-state index contributed by atoms with van der Waals surface area (Å²) in [6, 6.07) is 0. The first-order chi connectivity index (χ1) is 6.74. The number of ether oxygens (including phenoxy) is 1. The van der Waals surface area contributed by atoms with Gasteiger partial charge in [0.1, 0.15) is 0 Å². The number of rotatable bonds is 4. The van der Waals surface area contributed by atoms with Crippen molar-refractivity contribution in [2.45, 2.75) is 25.7 Å². The molecule has 0 aromatic carbocycles. The maximum atomic E-state index is 11.4. The Morgan fingerprint density at radius 2 is 2.14 bits per heavy atom. The Morgan fingerprint density at radius 1 is 1.50 bits per heavy atom. The normalized spacial score (nSPS) is 18.1. The third-order valence-electron chi connectivity index (χ3n) is 2.73. The largest absolute Gasteiger partial charge is 0.381 e. The predicted molar refractivity (Wildman–Crippen MR) is 52.6 cm³/mol. The van der Waals surface area contributed by atoms with Gasteiger partial charge in [-0.05, 0) is 25.2 Å². The van der Waals surface area contributed by atoms with Gasteiger partial charge in [0.25, 0.3) is 0 Å². The summed E-state index contributed by atoms with van der Waals surface area (Å²) >= 11 is 0. The average Bonchev–Trinajstić information content (AvgIpc) is 2.26. The molecule has 0 aromatic heterocycles. The Kier molecular flexibility index (Phi) is 4.90. The second kappa shape index (κ2) is 5.98. The first-order valence-electron chi connectivity index (χ1n) is 5.12. The zero-order chi connectivity index (χ0) is 10.4. The van der Waals surface area contributed by atoms with Crippen LogP contribution in [0.15, 0.2) is 0 Å². The standard InChI is InChI=1S/C10H19NO3/c1-11(13-2)10(12)4-3-9-5-7-14-8-6-9/h9H,3-8H2,1-2H3. The molecule has 4 nitrogen and oxygen atoms in total. The maximum absolute atomic E-state index is 11.4. The summed E-state index contributed by atoms with van der Waals surface area (Å²) in [6.45, 7) is 1.69. The van der Waals surface area contributed by atoms with Gasteiger partial charge in [-0.15, -0.1) is 0 Å². The van der Waals surface area contributed by atoms with E-state index in [1.165, 1.54) is 12.2 Å². The van der Waals surface area contributed by atoms with Gasteiger partial charge in [-0.1, -0.05) is 0 Å². The number of hydroxylamine groups is 2. The molecular weight excluding hydrogens is 182 g/mol. The number of carbonyl (C=O) groups is 1.